The van der Waals surface area contributed by atoms with E-state index in [0.717, 1.165) is 49.9 Å². The van der Waals surface area contributed by atoms with Crippen molar-refractivity contribution in [2.75, 3.05) is 25.0 Å². The number of fused-ring (bicyclic) bond motifs is 2. The molecule has 0 spiro atoms. The fourth-order valence-electron chi connectivity index (χ4n) is 5.52. The lowest BCUT2D eigenvalue weighted by Gasteiger charge is -2.50. The first-order chi connectivity index (χ1) is 15.8. The van der Waals surface area contributed by atoms with Crippen LogP contribution in [0.5, 0.6) is 0 Å². The molecule has 0 bridgehead atoms. The monoisotopic (exact) mass is 455 g/mol. The highest BCUT2D eigenvalue weighted by molar-refractivity contribution is 6.02. The molecule has 5 rings (SSSR count). The molecule has 3 atom stereocenters. The Hall–Kier alpha value is -3.01. The topological polar surface area (TPSA) is 97.5 Å². The molecule has 0 aliphatic carbocycles. The van der Waals surface area contributed by atoms with Crippen LogP contribution >= 0.6 is 0 Å². The Kier molecular flexibility index (Phi) is 5.35. The van der Waals surface area contributed by atoms with E-state index in [9.17, 15) is 14.0 Å². The Morgan fingerprint density at radius 1 is 1.33 bits per heavy atom. The minimum atomic E-state index is -0.507. The van der Waals surface area contributed by atoms with Crippen LogP contribution in [0.1, 0.15) is 67.8 Å². The summed E-state index contributed by atoms with van der Waals surface area (Å²) in [6.45, 7) is 9.51. The third-order valence-corrected chi connectivity index (χ3v) is 7.56. The number of amides is 3. The van der Waals surface area contributed by atoms with Crippen LogP contribution in [0.3, 0.4) is 0 Å². The number of carbonyl (C=O) groups is 2. The van der Waals surface area contributed by atoms with Crippen LogP contribution in [-0.4, -0.2) is 73.0 Å². The summed E-state index contributed by atoms with van der Waals surface area (Å²) in [6, 6.07) is 2.56. The summed E-state index contributed by atoms with van der Waals surface area (Å²) in [5.74, 6) is -0.603. The number of anilines is 1. The maximum Gasteiger partial charge on any atom is 0.321 e. The first-order valence-electron chi connectivity index (χ1n) is 11.6. The molecule has 5 heterocycles. The summed E-state index contributed by atoms with van der Waals surface area (Å²) < 4.78 is 13.1. The van der Waals surface area contributed by atoms with Gasteiger partial charge in [-0.2, -0.15) is 5.10 Å². The van der Waals surface area contributed by atoms with Crippen molar-refractivity contribution >= 4 is 17.8 Å². The van der Waals surface area contributed by atoms with Crippen LogP contribution in [0, 0.1) is 5.82 Å². The molecule has 33 heavy (non-hydrogen) atoms. The minimum absolute atomic E-state index is 0.0317. The number of pyridine rings is 1. The Morgan fingerprint density at radius 3 is 2.88 bits per heavy atom. The average molecular weight is 456 g/mol. The second-order valence-corrected chi connectivity index (χ2v) is 9.60. The Balaban J connectivity index is 1.33. The third kappa shape index (κ3) is 3.66. The van der Waals surface area contributed by atoms with E-state index in [1.165, 1.54) is 18.6 Å². The molecular formula is C23H30FN7O2. The van der Waals surface area contributed by atoms with Gasteiger partial charge in [-0.25, -0.2) is 14.2 Å². The van der Waals surface area contributed by atoms with Gasteiger partial charge in [-0.05, 0) is 51.8 Å². The fourth-order valence-corrected chi connectivity index (χ4v) is 5.52. The predicted octanol–water partition coefficient (Wildman–Crippen LogP) is 3.14. The van der Waals surface area contributed by atoms with E-state index >= 15 is 0 Å². The van der Waals surface area contributed by atoms with E-state index < -0.39 is 11.7 Å². The molecule has 3 amide bonds. The van der Waals surface area contributed by atoms with Crippen molar-refractivity contribution in [2.45, 2.75) is 64.2 Å². The maximum atomic E-state index is 13.7. The van der Waals surface area contributed by atoms with Gasteiger partial charge >= 0.3 is 6.03 Å². The van der Waals surface area contributed by atoms with Gasteiger partial charge in [0.2, 0.25) is 0 Å². The quantitative estimate of drug-likeness (QED) is 0.741. The van der Waals surface area contributed by atoms with Gasteiger partial charge < -0.3 is 15.1 Å². The Labute approximate surface area is 192 Å². The largest absolute Gasteiger partial charge is 0.321 e. The molecule has 176 valence electrons. The van der Waals surface area contributed by atoms with E-state index in [1.807, 2.05) is 11.8 Å². The molecule has 2 aromatic rings. The van der Waals surface area contributed by atoms with E-state index in [1.54, 1.807) is 0 Å². The number of nitrogens with zero attached hydrogens (tertiary/aromatic N) is 5. The van der Waals surface area contributed by atoms with Gasteiger partial charge in [-0.15, -0.1) is 0 Å². The predicted molar refractivity (Wildman–Crippen MR) is 120 cm³/mol. The van der Waals surface area contributed by atoms with Gasteiger partial charge in [0.25, 0.3) is 5.91 Å². The fraction of sp³-hybridized carbons (Fsp3) is 0.565. The molecule has 3 aliphatic heterocycles. The Bertz CT molecular complexity index is 1070. The summed E-state index contributed by atoms with van der Waals surface area (Å²) in [7, 11) is 0. The Morgan fingerprint density at radius 2 is 2.15 bits per heavy atom. The lowest BCUT2D eigenvalue weighted by molar-refractivity contribution is 0.00674. The number of H-pyrrole nitrogens is 1. The molecule has 10 heteroatoms. The van der Waals surface area contributed by atoms with Crippen molar-refractivity contribution in [1.82, 2.24) is 29.9 Å². The highest BCUT2D eigenvalue weighted by atomic mass is 19.1. The molecule has 2 N–H and O–H groups in total. The van der Waals surface area contributed by atoms with Crippen LogP contribution < -0.4 is 5.32 Å². The zero-order valence-corrected chi connectivity index (χ0v) is 19.3. The maximum absolute atomic E-state index is 13.7. The smallest absolute Gasteiger partial charge is 0.319 e. The summed E-state index contributed by atoms with van der Waals surface area (Å²) >= 11 is 0. The summed E-state index contributed by atoms with van der Waals surface area (Å²) in [5.41, 5.74) is 1.76. The van der Waals surface area contributed by atoms with Gasteiger partial charge in [0.15, 0.2) is 5.82 Å². The number of urea groups is 1. The molecule has 0 aromatic carbocycles. The van der Waals surface area contributed by atoms with Gasteiger partial charge in [-0.1, -0.05) is 6.92 Å². The summed E-state index contributed by atoms with van der Waals surface area (Å²) in [6.07, 6.45) is 4.21. The minimum Gasteiger partial charge on any atom is -0.319 e. The number of aromatic nitrogens is 3. The van der Waals surface area contributed by atoms with E-state index in [-0.39, 0.29) is 29.3 Å². The molecule has 0 radical (unpaired) electrons. The summed E-state index contributed by atoms with van der Waals surface area (Å²) in [4.78, 5) is 36.5. The molecule has 2 fully saturated rings. The van der Waals surface area contributed by atoms with Crippen LogP contribution in [0.2, 0.25) is 0 Å². The lowest BCUT2D eigenvalue weighted by atomic mass is 9.93. The van der Waals surface area contributed by atoms with Crippen molar-refractivity contribution < 1.29 is 14.0 Å². The number of halogens is 1. The molecule has 3 unspecified atom stereocenters. The number of aromatic amines is 1. The van der Waals surface area contributed by atoms with Gasteiger partial charge in [0.05, 0.1) is 24.5 Å². The van der Waals surface area contributed by atoms with Crippen LogP contribution in [0.25, 0.3) is 0 Å². The van der Waals surface area contributed by atoms with E-state index in [0.29, 0.717) is 12.4 Å². The number of carbonyl (C=O) groups excluding carboxylic acids is 2. The van der Waals surface area contributed by atoms with Crippen molar-refractivity contribution in [3.8, 4) is 0 Å². The van der Waals surface area contributed by atoms with Crippen molar-refractivity contribution in [1.29, 1.82) is 0 Å². The zero-order chi connectivity index (χ0) is 23.3. The van der Waals surface area contributed by atoms with Crippen LogP contribution in [0.4, 0.5) is 15.0 Å². The molecule has 2 saturated heterocycles. The molecule has 9 nitrogen and oxygen atoms in total. The lowest BCUT2D eigenvalue weighted by Crippen LogP contribution is -2.64. The highest BCUT2D eigenvalue weighted by Gasteiger charge is 2.48. The van der Waals surface area contributed by atoms with Crippen molar-refractivity contribution in [2.24, 2.45) is 0 Å². The van der Waals surface area contributed by atoms with Crippen molar-refractivity contribution in [3.63, 3.8) is 0 Å². The van der Waals surface area contributed by atoms with E-state index in [2.05, 4.69) is 44.1 Å². The molecule has 2 aromatic heterocycles. The number of rotatable bonds is 3. The zero-order valence-electron chi connectivity index (χ0n) is 19.3. The normalized spacial score (nSPS) is 26.9. The number of nitrogens with one attached hydrogen (secondary N) is 2. The van der Waals surface area contributed by atoms with Crippen LogP contribution in [0.15, 0.2) is 18.3 Å². The van der Waals surface area contributed by atoms with Gasteiger partial charge in [0, 0.05) is 30.2 Å². The van der Waals surface area contributed by atoms with Crippen LogP contribution in [-0.2, 0) is 6.54 Å². The van der Waals surface area contributed by atoms with Gasteiger partial charge in [0.1, 0.15) is 11.5 Å². The highest BCUT2D eigenvalue weighted by Crippen LogP contribution is 2.39. The second-order valence-electron chi connectivity index (χ2n) is 9.60. The first-order valence-corrected chi connectivity index (χ1v) is 11.6. The summed E-state index contributed by atoms with van der Waals surface area (Å²) in [5, 5.41) is 9.99. The second kappa shape index (κ2) is 8.09. The first kappa shape index (κ1) is 21.8. The number of piperazine rings is 1. The van der Waals surface area contributed by atoms with Crippen molar-refractivity contribution in [3.05, 3.63) is 41.1 Å². The molecule has 3 aliphatic rings. The molecular weight excluding hydrogens is 425 g/mol. The SMILES string of the molecule is CCC1CN2CCCC2(C)CN1C(=O)N1Cc2c(NC(=O)c3ccc(F)cn3)n[nH]c2C1C. The number of hydrogen-bond donors (Lipinski definition) is 2. The van der Waals surface area contributed by atoms with E-state index in [4.69, 9.17) is 0 Å². The third-order valence-electron chi connectivity index (χ3n) is 7.56. The van der Waals surface area contributed by atoms with Gasteiger partial charge in [-0.3, -0.25) is 14.8 Å². The average Bonchev–Trinajstić information content (AvgIpc) is 3.47. The number of hydrogen-bond acceptors (Lipinski definition) is 5. The standard InChI is InChI=1S/C23H30FN7O2/c1-4-16-11-29-9-5-8-23(29,3)13-31(16)22(33)30-12-17-19(14(30)2)27-28-20(17)26-21(32)18-7-6-15(24)10-25-18/h6-7,10,14,16H,4-5,8-9,11-13H2,1-3H3,(H2,26,27,28,32). The molecule has 0 saturated carbocycles.